The maximum atomic E-state index is 9.30. The molecule has 0 amide bonds. The molecular formula is C28H30O2. The van der Waals surface area contributed by atoms with Crippen LogP contribution in [-0.4, -0.2) is 17.8 Å². The molecule has 1 atom stereocenters. The van der Waals surface area contributed by atoms with Gasteiger partial charge in [-0.05, 0) is 66.1 Å². The van der Waals surface area contributed by atoms with Gasteiger partial charge in [0.1, 0.15) is 12.4 Å². The van der Waals surface area contributed by atoms with Crippen molar-refractivity contribution in [3.63, 3.8) is 0 Å². The van der Waals surface area contributed by atoms with E-state index in [0.29, 0.717) is 6.61 Å². The van der Waals surface area contributed by atoms with Crippen LogP contribution < -0.4 is 4.74 Å². The zero-order chi connectivity index (χ0) is 21.2. The molecule has 154 valence electrons. The molecule has 2 heteroatoms. The Labute approximate surface area is 180 Å². The number of ether oxygens (including phenoxy) is 1. The summed E-state index contributed by atoms with van der Waals surface area (Å²) in [4.78, 5) is 0. The Balaban J connectivity index is 1.60. The van der Waals surface area contributed by atoms with E-state index in [1.165, 1.54) is 27.8 Å². The number of rotatable bonds is 10. The van der Waals surface area contributed by atoms with Crippen molar-refractivity contribution in [2.24, 2.45) is 0 Å². The van der Waals surface area contributed by atoms with Crippen LogP contribution in [0.1, 0.15) is 31.7 Å². The molecule has 0 aliphatic carbocycles. The number of aliphatic hydroxyl groups excluding tert-OH is 1. The Kier molecular flexibility index (Phi) is 8.05. The van der Waals surface area contributed by atoms with E-state index in [9.17, 15) is 5.11 Å². The minimum atomic E-state index is -0.209. The second kappa shape index (κ2) is 11.2. The van der Waals surface area contributed by atoms with Crippen LogP contribution in [0, 0.1) is 0 Å². The highest BCUT2D eigenvalue weighted by Gasteiger charge is 2.02. The van der Waals surface area contributed by atoms with Crippen molar-refractivity contribution in [1.29, 1.82) is 0 Å². The van der Waals surface area contributed by atoms with Gasteiger partial charge in [-0.3, -0.25) is 0 Å². The van der Waals surface area contributed by atoms with E-state index < -0.39 is 0 Å². The van der Waals surface area contributed by atoms with Crippen LogP contribution in [0.2, 0.25) is 0 Å². The fraction of sp³-hybridized carbons (Fsp3) is 0.214. The summed E-state index contributed by atoms with van der Waals surface area (Å²) >= 11 is 0. The van der Waals surface area contributed by atoms with Gasteiger partial charge in [0.25, 0.3) is 0 Å². The van der Waals surface area contributed by atoms with Crippen molar-refractivity contribution in [2.45, 2.75) is 32.3 Å². The van der Waals surface area contributed by atoms with Crippen molar-refractivity contribution in [3.8, 4) is 28.0 Å². The van der Waals surface area contributed by atoms with Crippen LogP contribution in [-0.2, 0) is 0 Å². The molecule has 0 aromatic heterocycles. The van der Waals surface area contributed by atoms with Gasteiger partial charge in [-0.2, -0.15) is 0 Å². The first kappa shape index (κ1) is 21.6. The third kappa shape index (κ3) is 6.47. The molecule has 0 fully saturated rings. The molecule has 30 heavy (non-hydrogen) atoms. The zero-order valence-corrected chi connectivity index (χ0v) is 17.6. The first-order valence-electron chi connectivity index (χ1n) is 10.5. The number of unbranched alkanes of at least 4 members (excludes halogenated alkanes) is 1. The monoisotopic (exact) mass is 398 g/mol. The Morgan fingerprint density at radius 2 is 1.33 bits per heavy atom. The first-order chi connectivity index (χ1) is 14.7. The van der Waals surface area contributed by atoms with Gasteiger partial charge in [0.05, 0.1) is 6.10 Å². The lowest BCUT2D eigenvalue weighted by molar-refractivity contribution is 0.182. The van der Waals surface area contributed by atoms with Gasteiger partial charge in [-0.15, -0.1) is 0 Å². The summed E-state index contributed by atoms with van der Waals surface area (Å²) in [6.07, 6.45) is 8.73. The number of benzene rings is 3. The number of aliphatic hydroxyl groups is 1. The van der Waals surface area contributed by atoms with Crippen molar-refractivity contribution >= 4 is 6.08 Å². The van der Waals surface area contributed by atoms with Crippen molar-refractivity contribution in [1.82, 2.24) is 0 Å². The average Bonchev–Trinajstić information content (AvgIpc) is 2.78. The van der Waals surface area contributed by atoms with Crippen molar-refractivity contribution in [3.05, 3.63) is 97.1 Å². The lowest BCUT2D eigenvalue weighted by Crippen LogP contribution is -1.97. The molecule has 0 aliphatic heterocycles. The van der Waals surface area contributed by atoms with Crippen LogP contribution in [0.3, 0.4) is 0 Å². The Morgan fingerprint density at radius 3 is 1.83 bits per heavy atom. The van der Waals surface area contributed by atoms with Crippen LogP contribution in [0.4, 0.5) is 0 Å². The lowest BCUT2D eigenvalue weighted by Gasteiger charge is -2.07. The highest BCUT2D eigenvalue weighted by Crippen LogP contribution is 2.26. The second-order valence-corrected chi connectivity index (χ2v) is 7.51. The van der Waals surface area contributed by atoms with Gasteiger partial charge >= 0.3 is 0 Å². The molecule has 0 saturated carbocycles. The Morgan fingerprint density at radius 1 is 0.833 bits per heavy atom. The molecule has 0 radical (unpaired) electrons. The van der Waals surface area contributed by atoms with E-state index in [0.717, 1.165) is 25.0 Å². The molecule has 2 nitrogen and oxygen atoms in total. The van der Waals surface area contributed by atoms with Gasteiger partial charge in [-0.25, -0.2) is 0 Å². The molecule has 0 bridgehead atoms. The van der Waals surface area contributed by atoms with Crippen molar-refractivity contribution < 1.29 is 9.84 Å². The second-order valence-electron chi connectivity index (χ2n) is 7.51. The maximum Gasteiger partial charge on any atom is 0.119 e. The zero-order valence-electron chi connectivity index (χ0n) is 17.6. The van der Waals surface area contributed by atoms with E-state index in [-0.39, 0.29) is 6.10 Å². The molecule has 1 unspecified atom stereocenters. The third-order valence-corrected chi connectivity index (χ3v) is 4.99. The molecule has 3 aromatic carbocycles. The van der Waals surface area contributed by atoms with Gasteiger partial charge in [0.15, 0.2) is 0 Å². The van der Waals surface area contributed by atoms with Gasteiger partial charge < -0.3 is 9.84 Å². The Hall–Kier alpha value is -3.10. The molecule has 3 rings (SSSR count). The van der Waals surface area contributed by atoms with E-state index >= 15 is 0 Å². The fourth-order valence-corrected chi connectivity index (χ4v) is 3.29. The first-order valence-corrected chi connectivity index (χ1v) is 10.5. The number of hydrogen-bond donors (Lipinski definition) is 1. The summed E-state index contributed by atoms with van der Waals surface area (Å²) in [6.45, 7) is 6.03. The lowest BCUT2D eigenvalue weighted by atomic mass is 9.99. The van der Waals surface area contributed by atoms with Gasteiger partial charge in [0.2, 0.25) is 0 Å². The molecule has 0 spiro atoms. The Bertz CT molecular complexity index is 933. The minimum absolute atomic E-state index is 0.209. The predicted molar refractivity (Wildman–Crippen MR) is 128 cm³/mol. The van der Waals surface area contributed by atoms with Gasteiger partial charge in [-0.1, -0.05) is 85.5 Å². The summed E-state index contributed by atoms with van der Waals surface area (Å²) in [6, 6.07) is 25.4. The third-order valence-electron chi connectivity index (χ3n) is 4.99. The van der Waals surface area contributed by atoms with Crippen LogP contribution >= 0.6 is 0 Å². The highest BCUT2D eigenvalue weighted by molar-refractivity contribution is 5.71. The number of allylic oxidation sites excluding steroid dienone is 1. The molecule has 3 aromatic rings. The van der Waals surface area contributed by atoms with E-state index in [4.69, 9.17) is 4.74 Å². The van der Waals surface area contributed by atoms with Gasteiger partial charge in [0, 0.05) is 0 Å². The molecule has 1 N–H and O–H groups in total. The van der Waals surface area contributed by atoms with E-state index in [1.807, 2.05) is 19.1 Å². The minimum Gasteiger partial charge on any atom is -0.490 e. The predicted octanol–water partition coefficient (Wildman–Crippen LogP) is 7.15. The fourth-order valence-electron chi connectivity index (χ4n) is 3.29. The highest BCUT2D eigenvalue weighted by atomic mass is 16.5. The SMILES string of the molecule is C=CCOc1ccc(-c2ccc(-c3ccc(C=CCCCC(C)O)cc3)cc2)cc1. The van der Waals surface area contributed by atoms with E-state index in [2.05, 4.69) is 79.4 Å². The standard InChI is InChI=1S/C28H30O2/c1-3-21-30-28-19-17-27(18-20-28)26-15-13-25(14-16-26)24-11-9-23(10-12-24)8-6-4-5-7-22(2)29/h3,6,8-20,22,29H,1,4-5,7,21H2,2H3. The average molecular weight is 399 g/mol. The normalized spacial score (nSPS) is 12.1. The molecular weight excluding hydrogens is 368 g/mol. The smallest absolute Gasteiger partial charge is 0.119 e. The summed E-state index contributed by atoms with van der Waals surface area (Å²) in [5, 5.41) is 9.30. The largest absolute Gasteiger partial charge is 0.490 e. The topological polar surface area (TPSA) is 29.5 Å². The number of hydrogen-bond acceptors (Lipinski definition) is 2. The summed E-state index contributed by atoms with van der Waals surface area (Å²) in [5.41, 5.74) is 5.97. The summed E-state index contributed by atoms with van der Waals surface area (Å²) < 4.78 is 5.55. The summed E-state index contributed by atoms with van der Waals surface area (Å²) in [7, 11) is 0. The molecule has 0 saturated heterocycles. The van der Waals surface area contributed by atoms with Crippen LogP contribution in [0.15, 0.2) is 91.5 Å². The summed E-state index contributed by atoms with van der Waals surface area (Å²) in [5.74, 6) is 0.854. The molecule has 0 heterocycles. The van der Waals surface area contributed by atoms with E-state index in [1.54, 1.807) is 6.08 Å². The maximum absolute atomic E-state index is 9.30. The van der Waals surface area contributed by atoms with Crippen molar-refractivity contribution in [2.75, 3.05) is 6.61 Å². The molecule has 0 aliphatic rings. The van der Waals surface area contributed by atoms with Crippen LogP contribution in [0.25, 0.3) is 28.3 Å². The quantitative estimate of drug-likeness (QED) is 0.290. The van der Waals surface area contributed by atoms with Crippen LogP contribution in [0.5, 0.6) is 5.75 Å².